The van der Waals surface area contributed by atoms with E-state index in [0.29, 0.717) is 39.6 Å². The lowest BCUT2D eigenvalue weighted by molar-refractivity contribution is 0.357. The molecule has 5 aromatic rings. The molecule has 0 amide bonds. The summed E-state index contributed by atoms with van der Waals surface area (Å²) < 4.78 is 135. The molecule has 0 radical (unpaired) electrons. The van der Waals surface area contributed by atoms with Crippen LogP contribution < -0.4 is 9.48 Å². The van der Waals surface area contributed by atoms with Gasteiger partial charge in [0.1, 0.15) is 11.3 Å². The van der Waals surface area contributed by atoms with E-state index in [4.69, 9.17) is 9.41 Å². The zero-order valence-electron chi connectivity index (χ0n) is 36.4. The fourth-order valence-electron chi connectivity index (χ4n) is 8.24. The third-order valence-electron chi connectivity index (χ3n) is 11.3. The first-order valence-electron chi connectivity index (χ1n) is 20.8. The number of fused-ring (bicyclic) bond motifs is 2. The average molecular weight is 915 g/mol. The highest BCUT2D eigenvalue weighted by Gasteiger charge is 2.37. The van der Waals surface area contributed by atoms with Gasteiger partial charge in [-0.05, 0) is 87.7 Å². The zero-order chi connectivity index (χ0) is 46.6. The van der Waals surface area contributed by atoms with Crippen LogP contribution in [0.25, 0.3) is 33.4 Å². The Bertz CT molecular complexity index is 3150. The van der Waals surface area contributed by atoms with Gasteiger partial charge in [-0.15, -0.1) is 4.13 Å². The van der Waals surface area contributed by atoms with Gasteiger partial charge in [-0.3, -0.25) is 0 Å². The van der Waals surface area contributed by atoms with Crippen LogP contribution in [0.5, 0.6) is 0 Å². The molecule has 334 valence electrons. The lowest BCUT2D eigenvalue weighted by atomic mass is 9.85. The molecule has 0 fully saturated rings. The van der Waals surface area contributed by atoms with Gasteiger partial charge in [0.05, 0.1) is 15.9 Å². The maximum absolute atomic E-state index is 14.8. The summed E-state index contributed by atoms with van der Waals surface area (Å²) >= 11 is 0. The van der Waals surface area contributed by atoms with Crippen molar-refractivity contribution in [1.82, 2.24) is 4.13 Å². The minimum absolute atomic E-state index is 0.0506. The third kappa shape index (κ3) is 8.62. The van der Waals surface area contributed by atoms with Crippen LogP contribution in [0, 0.1) is 29.1 Å². The highest BCUT2D eigenvalue weighted by Crippen LogP contribution is 2.43. The van der Waals surface area contributed by atoms with Crippen molar-refractivity contribution in [3.8, 4) is 22.5 Å². The average Bonchev–Trinajstić information content (AvgIpc) is 3.23. The summed E-state index contributed by atoms with van der Waals surface area (Å²) in [7, 11) is -11.3. The van der Waals surface area contributed by atoms with Crippen LogP contribution in [0.3, 0.4) is 0 Å². The number of rotatable bonds is 12. The van der Waals surface area contributed by atoms with Crippen LogP contribution in [-0.4, -0.2) is 16.8 Å². The number of hydrogen-bond acceptors (Lipinski definition) is 6. The molecule has 0 saturated carbocycles. The van der Waals surface area contributed by atoms with Crippen molar-refractivity contribution < 1.29 is 43.2 Å². The standard InChI is InChI=1S/C50H47F5N2O5S2/c1-26(2)32-14-11-15-33(27(3)4)39(32)23-30-19-21-36-40(24-30)62-41-25-31(56-49-34(28(5)6)16-12-17-35(49)29(7)8)20-22-37(41)43(36)38-13-9-10-18-42(38)63(58,59)57-64(60,61)50-47(54)45(52)44(51)46(53)48(50)55/h9-22,24-29,57H,23H2,1-8H3/b56-31+. The molecule has 2 aliphatic rings. The first kappa shape index (κ1) is 46.3. The van der Waals surface area contributed by atoms with Crippen LogP contribution in [0.1, 0.15) is 112 Å². The van der Waals surface area contributed by atoms with Crippen LogP contribution in [-0.2, 0) is 26.5 Å². The van der Waals surface area contributed by atoms with Crippen LogP contribution in [0.2, 0.25) is 0 Å². The van der Waals surface area contributed by atoms with Crippen molar-refractivity contribution in [2.24, 2.45) is 4.99 Å². The summed E-state index contributed by atoms with van der Waals surface area (Å²) in [6, 6.07) is 28.4. The minimum Gasteiger partial charge on any atom is -0.456 e. The van der Waals surface area contributed by atoms with E-state index in [9.17, 15) is 38.8 Å². The SMILES string of the molecule is CC(C)c1cccc(C(C)C)c1Cc1ccc2c(-c3ccccc3S(=O)(=O)NS(=O)(=O)c3c(F)c(F)c(F)c(F)c3F)c3cc/c(=N\c4c(C(C)C)cccc4C(C)C)cc-3oc2c1. The monoisotopic (exact) mass is 914 g/mol. The van der Waals surface area contributed by atoms with Crippen molar-refractivity contribution in [2.75, 3.05) is 0 Å². The van der Waals surface area contributed by atoms with Gasteiger partial charge in [0.2, 0.25) is 5.82 Å². The number of sulfonamides is 2. The molecule has 5 aromatic carbocycles. The smallest absolute Gasteiger partial charge is 0.259 e. The summed E-state index contributed by atoms with van der Waals surface area (Å²) in [6.45, 7) is 16.9. The first-order valence-corrected chi connectivity index (χ1v) is 23.8. The van der Waals surface area contributed by atoms with Crippen molar-refractivity contribution in [2.45, 2.75) is 95.3 Å². The van der Waals surface area contributed by atoms with Gasteiger partial charge in [-0.1, -0.05) is 122 Å². The molecule has 1 N–H and O–H groups in total. The Morgan fingerprint density at radius 2 is 1.09 bits per heavy atom. The molecule has 0 unspecified atom stereocenters. The topological polar surface area (TPSA) is 106 Å². The van der Waals surface area contributed by atoms with Crippen molar-refractivity contribution in [3.05, 3.63) is 165 Å². The first-order chi connectivity index (χ1) is 30.1. The van der Waals surface area contributed by atoms with Crippen molar-refractivity contribution >= 4 is 36.7 Å². The Morgan fingerprint density at radius 3 is 1.66 bits per heavy atom. The molecule has 0 saturated heterocycles. The second kappa shape index (κ2) is 17.7. The quantitative estimate of drug-likeness (QED) is 0.0569. The lowest BCUT2D eigenvalue weighted by Gasteiger charge is -2.21. The maximum Gasteiger partial charge on any atom is 0.259 e. The number of benzene rings is 6. The van der Waals surface area contributed by atoms with E-state index in [1.807, 2.05) is 30.3 Å². The van der Waals surface area contributed by atoms with E-state index in [1.165, 1.54) is 39.0 Å². The van der Waals surface area contributed by atoms with Crippen molar-refractivity contribution in [1.29, 1.82) is 0 Å². The van der Waals surface area contributed by atoms with E-state index >= 15 is 0 Å². The second-order valence-corrected chi connectivity index (χ2v) is 20.6. The van der Waals surface area contributed by atoms with Gasteiger partial charge >= 0.3 is 0 Å². The highest BCUT2D eigenvalue weighted by molar-refractivity contribution is 8.04. The number of nitrogens with zero attached hydrogens (tertiary/aromatic N) is 1. The van der Waals surface area contributed by atoms with Gasteiger partial charge in [-0.2, -0.15) is 0 Å². The fourth-order valence-corrected chi connectivity index (χ4v) is 11.5. The van der Waals surface area contributed by atoms with E-state index < -0.39 is 58.9 Å². The Labute approximate surface area is 370 Å². The van der Waals surface area contributed by atoms with Gasteiger partial charge in [-0.25, -0.2) is 43.8 Å². The van der Waals surface area contributed by atoms with Crippen LogP contribution >= 0.6 is 0 Å². The Morgan fingerprint density at radius 1 is 0.562 bits per heavy atom. The summed E-state index contributed by atoms with van der Waals surface area (Å²) in [5.41, 5.74) is 8.36. The minimum atomic E-state index is -5.95. The molecule has 64 heavy (non-hydrogen) atoms. The fraction of sp³-hybridized carbons (Fsp3) is 0.260. The molecule has 7 rings (SSSR count). The molecule has 1 aliphatic heterocycles. The molecule has 0 aromatic heterocycles. The summed E-state index contributed by atoms with van der Waals surface area (Å²) in [6.07, 6.45) is 0.546. The van der Waals surface area contributed by atoms with E-state index in [0.717, 1.165) is 28.4 Å². The highest BCUT2D eigenvalue weighted by atomic mass is 32.3. The lowest BCUT2D eigenvalue weighted by Crippen LogP contribution is -2.33. The maximum atomic E-state index is 14.8. The van der Waals surface area contributed by atoms with Gasteiger partial charge in [0, 0.05) is 28.1 Å². The Hall–Kier alpha value is -5.70. The molecule has 0 spiro atoms. The van der Waals surface area contributed by atoms with E-state index in [1.54, 1.807) is 24.3 Å². The second-order valence-electron chi connectivity index (χ2n) is 17.1. The Balaban J connectivity index is 1.48. The summed E-state index contributed by atoms with van der Waals surface area (Å²) in [5, 5.41) is 0.969. The Kier molecular flexibility index (Phi) is 12.8. The summed E-state index contributed by atoms with van der Waals surface area (Å²) in [5.74, 6) is -12.1. The molecular weight excluding hydrogens is 868 g/mol. The predicted molar refractivity (Wildman–Crippen MR) is 239 cm³/mol. The molecule has 0 bridgehead atoms. The predicted octanol–water partition coefficient (Wildman–Crippen LogP) is 12.9. The van der Waals surface area contributed by atoms with Crippen molar-refractivity contribution in [3.63, 3.8) is 0 Å². The number of halogens is 5. The molecule has 1 heterocycles. The van der Waals surface area contributed by atoms with Crippen LogP contribution in [0.15, 0.2) is 116 Å². The van der Waals surface area contributed by atoms with Gasteiger partial charge < -0.3 is 4.42 Å². The number of para-hydroxylation sites is 1. The molecule has 0 atom stereocenters. The number of nitrogens with one attached hydrogen (secondary N) is 1. The molecule has 14 heteroatoms. The zero-order valence-corrected chi connectivity index (χ0v) is 38.1. The van der Waals surface area contributed by atoms with Gasteiger partial charge in [0.15, 0.2) is 28.2 Å². The van der Waals surface area contributed by atoms with Crippen LogP contribution in [0.4, 0.5) is 27.6 Å². The number of hydrogen-bond donors (Lipinski definition) is 1. The normalized spacial score (nSPS) is 12.9. The summed E-state index contributed by atoms with van der Waals surface area (Å²) in [4.78, 5) is 2.11. The molecular formula is C50H47F5N2O5S2. The molecule has 7 nitrogen and oxygen atoms in total. The molecule has 1 aliphatic carbocycles. The van der Waals surface area contributed by atoms with E-state index in [2.05, 4.69) is 73.6 Å². The van der Waals surface area contributed by atoms with E-state index in [-0.39, 0.29) is 29.2 Å². The van der Waals surface area contributed by atoms with Gasteiger partial charge in [0.25, 0.3) is 20.0 Å². The third-order valence-corrected chi connectivity index (χ3v) is 14.9. The largest absolute Gasteiger partial charge is 0.456 e.